The Labute approximate surface area is 119 Å². The third kappa shape index (κ3) is 3.97. The minimum Gasteiger partial charge on any atom is -0.492 e. The van der Waals surface area contributed by atoms with Crippen LogP contribution in [-0.4, -0.2) is 19.3 Å². The van der Waals surface area contributed by atoms with Gasteiger partial charge in [-0.25, -0.2) is 0 Å². The zero-order valence-corrected chi connectivity index (χ0v) is 12.8. The van der Waals surface area contributed by atoms with Crippen molar-refractivity contribution in [2.75, 3.05) is 13.2 Å². The highest BCUT2D eigenvalue weighted by molar-refractivity contribution is 9.10. The molecule has 94 valence electrons. The lowest BCUT2D eigenvalue weighted by Gasteiger charge is -2.12. The predicted molar refractivity (Wildman–Crippen MR) is 75.9 cm³/mol. The van der Waals surface area contributed by atoms with Gasteiger partial charge in [-0.3, -0.25) is 0 Å². The molecule has 1 atom stereocenters. The molecule has 0 aromatic heterocycles. The first-order chi connectivity index (χ1) is 8.29. The maximum absolute atomic E-state index is 5.76. The van der Waals surface area contributed by atoms with Crippen LogP contribution < -0.4 is 4.74 Å². The molecule has 0 bridgehead atoms. The first-order valence-electron chi connectivity index (χ1n) is 5.88. The van der Waals surface area contributed by atoms with Gasteiger partial charge in [0, 0.05) is 18.4 Å². The van der Waals surface area contributed by atoms with Crippen LogP contribution in [0.2, 0.25) is 0 Å². The molecule has 1 aromatic carbocycles. The number of rotatable bonds is 5. The molecule has 0 spiro atoms. The number of ether oxygens (including phenoxy) is 2. The molecule has 0 N–H and O–H groups in total. The monoisotopic (exact) mass is 362 g/mol. The fraction of sp³-hybridized carbons (Fsp3) is 0.538. The van der Waals surface area contributed by atoms with Crippen LogP contribution in [0.3, 0.4) is 0 Å². The van der Waals surface area contributed by atoms with Gasteiger partial charge in [0.05, 0.1) is 17.2 Å². The van der Waals surface area contributed by atoms with E-state index in [1.54, 1.807) is 0 Å². The third-order valence-corrected chi connectivity index (χ3v) is 4.14. The van der Waals surface area contributed by atoms with Crippen molar-refractivity contribution >= 4 is 31.9 Å². The average Bonchev–Trinajstić information content (AvgIpc) is 2.84. The Morgan fingerprint density at radius 1 is 1.41 bits per heavy atom. The Morgan fingerprint density at radius 3 is 2.94 bits per heavy atom. The molecule has 2 rings (SSSR count). The maximum atomic E-state index is 5.76. The molecule has 1 aliphatic heterocycles. The van der Waals surface area contributed by atoms with Crippen molar-refractivity contribution in [3.63, 3.8) is 0 Å². The second-order valence-corrected chi connectivity index (χ2v) is 5.59. The Balaban J connectivity index is 1.81. The molecule has 1 heterocycles. The molecule has 0 aliphatic carbocycles. The summed E-state index contributed by atoms with van der Waals surface area (Å²) in [4.78, 5) is 0. The lowest BCUT2D eigenvalue weighted by molar-refractivity contribution is 0.0902. The highest BCUT2D eigenvalue weighted by atomic mass is 79.9. The Hall–Kier alpha value is -0.0600. The number of benzene rings is 1. The van der Waals surface area contributed by atoms with Gasteiger partial charge in [0.1, 0.15) is 5.75 Å². The van der Waals surface area contributed by atoms with Gasteiger partial charge in [0.2, 0.25) is 0 Å². The molecule has 17 heavy (non-hydrogen) atoms. The van der Waals surface area contributed by atoms with E-state index in [2.05, 4.69) is 44.0 Å². The summed E-state index contributed by atoms with van der Waals surface area (Å²) < 4.78 is 12.3. The van der Waals surface area contributed by atoms with E-state index in [0.717, 1.165) is 35.2 Å². The van der Waals surface area contributed by atoms with Gasteiger partial charge in [-0.15, -0.1) is 0 Å². The standard InChI is InChI=1S/C13H16Br2O2/c14-9-10-3-4-13(12(15)8-10)17-7-5-11-2-1-6-16-11/h3-4,8,11H,1-2,5-7,9H2. The van der Waals surface area contributed by atoms with E-state index in [4.69, 9.17) is 9.47 Å². The Kier molecular flexibility index (Phi) is 5.32. The summed E-state index contributed by atoms with van der Waals surface area (Å²) in [7, 11) is 0. The van der Waals surface area contributed by atoms with Gasteiger partial charge in [-0.1, -0.05) is 22.0 Å². The van der Waals surface area contributed by atoms with Crippen molar-refractivity contribution in [3.05, 3.63) is 28.2 Å². The molecule has 1 aromatic rings. The fourth-order valence-electron chi connectivity index (χ4n) is 1.92. The molecular weight excluding hydrogens is 348 g/mol. The van der Waals surface area contributed by atoms with E-state index in [1.165, 1.54) is 18.4 Å². The molecule has 1 unspecified atom stereocenters. The van der Waals surface area contributed by atoms with Gasteiger partial charge in [-0.05, 0) is 46.5 Å². The highest BCUT2D eigenvalue weighted by Crippen LogP contribution is 2.27. The van der Waals surface area contributed by atoms with Crippen molar-refractivity contribution in [2.45, 2.75) is 30.7 Å². The Bertz CT molecular complexity index is 362. The summed E-state index contributed by atoms with van der Waals surface area (Å²) in [5.41, 5.74) is 1.24. The summed E-state index contributed by atoms with van der Waals surface area (Å²) in [6.45, 7) is 1.63. The van der Waals surface area contributed by atoms with Crippen molar-refractivity contribution < 1.29 is 9.47 Å². The molecule has 0 amide bonds. The molecular formula is C13H16Br2O2. The topological polar surface area (TPSA) is 18.5 Å². The van der Waals surface area contributed by atoms with Crippen LogP contribution in [0.1, 0.15) is 24.8 Å². The van der Waals surface area contributed by atoms with Crippen molar-refractivity contribution in [2.24, 2.45) is 0 Å². The number of hydrogen-bond donors (Lipinski definition) is 0. The zero-order chi connectivity index (χ0) is 12.1. The van der Waals surface area contributed by atoms with Crippen molar-refractivity contribution in [1.29, 1.82) is 0 Å². The van der Waals surface area contributed by atoms with Gasteiger partial charge < -0.3 is 9.47 Å². The number of alkyl halides is 1. The van der Waals surface area contributed by atoms with Gasteiger partial charge in [-0.2, -0.15) is 0 Å². The second kappa shape index (κ2) is 6.76. The zero-order valence-electron chi connectivity index (χ0n) is 9.62. The van der Waals surface area contributed by atoms with E-state index in [0.29, 0.717) is 6.10 Å². The first-order valence-corrected chi connectivity index (χ1v) is 7.80. The summed E-state index contributed by atoms with van der Waals surface area (Å²) in [5.74, 6) is 0.910. The van der Waals surface area contributed by atoms with E-state index >= 15 is 0 Å². The molecule has 2 nitrogen and oxygen atoms in total. The van der Waals surface area contributed by atoms with Crippen LogP contribution in [0, 0.1) is 0 Å². The molecule has 1 aliphatic rings. The van der Waals surface area contributed by atoms with Crippen LogP contribution in [0.15, 0.2) is 22.7 Å². The van der Waals surface area contributed by atoms with Crippen molar-refractivity contribution in [3.8, 4) is 5.75 Å². The van der Waals surface area contributed by atoms with Crippen LogP contribution in [-0.2, 0) is 10.1 Å². The highest BCUT2D eigenvalue weighted by Gasteiger charge is 2.15. The number of hydrogen-bond acceptors (Lipinski definition) is 2. The van der Waals surface area contributed by atoms with E-state index in [9.17, 15) is 0 Å². The molecule has 0 saturated carbocycles. The van der Waals surface area contributed by atoms with Gasteiger partial charge in [0.25, 0.3) is 0 Å². The number of halogens is 2. The smallest absolute Gasteiger partial charge is 0.133 e. The minimum absolute atomic E-state index is 0.399. The SMILES string of the molecule is BrCc1ccc(OCCC2CCCO2)c(Br)c1. The van der Waals surface area contributed by atoms with Crippen LogP contribution >= 0.6 is 31.9 Å². The molecule has 1 saturated heterocycles. The van der Waals surface area contributed by atoms with Crippen molar-refractivity contribution in [1.82, 2.24) is 0 Å². The fourth-order valence-corrected chi connectivity index (χ4v) is 2.81. The quantitative estimate of drug-likeness (QED) is 0.726. The lowest BCUT2D eigenvalue weighted by Crippen LogP contribution is -2.10. The average molecular weight is 364 g/mol. The van der Waals surface area contributed by atoms with E-state index in [-0.39, 0.29) is 0 Å². The Morgan fingerprint density at radius 2 is 2.29 bits per heavy atom. The minimum atomic E-state index is 0.399. The second-order valence-electron chi connectivity index (χ2n) is 4.17. The first kappa shape index (κ1) is 13.4. The van der Waals surface area contributed by atoms with Crippen LogP contribution in [0.4, 0.5) is 0 Å². The largest absolute Gasteiger partial charge is 0.492 e. The summed E-state index contributed by atoms with van der Waals surface area (Å²) >= 11 is 6.96. The van der Waals surface area contributed by atoms with E-state index < -0.39 is 0 Å². The third-order valence-electron chi connectivity index (χ3n) is 2.87. The molecule has 1 fully saturated rings. The van der Waals surface area contributed by atoms with Gasteiger partial charge >= 0.3 is 0 Å². The van der Waals surface area contributed by atoms with Crippen LogP contribution in [0.25, 0.3) is 0 Å². The predicted octanol–water partition coefficient (Wildman–Crippen LogP) is 4.29. The molecule has 4 heteroatoms. The van der Waals surface area contributed by atoms with E-state index in [1.807, 2.05) is 6.07 Å². The van der Waals surface area contributed by atoms with Gasteiger partial charge in [0.15, 0.2) is 0 Å². The summed E-state index contributed by atoms with van der Waals surface area (Å²) in [6.07, 6.45) is 3.74. The summed E-state index contributed by atoms with van der Waals surface area (Å²) in [6, 6.07) is 6.16. The van der Waals surface area contributed by atoms with Crippen LogP contribution in [0.5, 0.6) is 5.75 Å². The normalized spacial score (nSPS) is 19.5. The summed E-state index contributed by atoms with van der Waals surface area (Å²) in [5, 5.41) is 0.863. The maximum Gasteiger partial charge on any atom is 0.133 e. The molecule has 0 radical (unpaired) electrons. The lowest BCUT2D eigenvalue weighted by atomic mass is 10.2.